The normalized spacial score (nSPS) is 12.6. The molecule has 6 nitrogen and oxygen atoms in total. The fourth-order valence-corrected chi connectivity index (χ4v) is 0.921. The second-order valence-corrected chi connectivity index (χ2v) is 3.09. The maximum absolute atomic E-state index is 10.7. The van der Waals surface area contributed by atoms with Gasteiger partial charge in [0.2, 0.25) is 11.8 Å². The first kappa shape index (κ1) is 10.6. The molecule has 0 aliphatic heterocycles. The van der Waals surface area contributed by atoms with Gasteiger partial charge in [-0.15, -0.1) is 0 Å². The monoisotopic (exact) mass is 198 g/mol. The highest BCUT2D eigenvalue weighted by Gasteiger charge is 2.07. The zero-order chi connectivity index (χ0) is 10.4. The number of amides is 1. The third-order valence-corrected chi connectivity index (χ3v) is 1.86. The van der Waals surface area contributed by atoms with Crippen LogP contribution in [0.5, 0.6) is 0 Å². The summed E-state index contributed by atoms with van der Waals surface area (Å²) in [4.78, 5) is 14.5. The van der Waals surface area contributed by atoms with Gasteiger partial charge in [-0.25, -0.2) is 0 Å². The Bertz CT molecular complexity index is 273. The molecule has 1 unspecified atom stereocenters. The van der Waals surface area contributed by atoms with E-state index in [9.17, 15) is 4.79 Å². The van der Waals surface area contributed by atoms with E-state index in [0.717, 1.165) is 0 Å². The minimum Gasteiger partial charge on any atom is -0.369 e. The van der Waals surface area contributed by atoms with Crippen LogP contribution in [-0.2, 0) is 11.2 Å². The van der Waals surface area contributed by atoms with E-state index in [2.05, 4.69) is 15.5 Å². The molecular weight excluding hydrogens is 184 g/mol. The van der Waals surface area contributed by atoms with Gasteiger partial charge < -0.3 is 15.6 Å². The Hall–Kier alpha value is -1.43. The van der Waals surface area contributed by atoms with Crippen molar-refractivity contribution in [2.24, 2.45) is 11.7 Å². The lowest BCUT2D eigenvalue weighted by molar-refractivity contribution is -0.121. The van der Waals surface area contributed by atoms with Crippen molar-refractivity contribution in [2.45, 2.75) is 13.3 Å². The number of nitrogens with zero attached hydrogens (tertiary/aromatic N) is 2. The molecule has 0 aromatic carbocycles. The summed E-state index contributed by atoms with van der Waals surface area (Å²) in [5, 5.41) is 6.55. The van der Waals surface area contributed by atoms with Crippen molar-refractivity contribution in [3.63, 3.8) is 0 Å². The average molecular weight is 198 g/mol. The average Bonchev–Trinajstić information content (AvgIpc) is 2.64. The molecule has 1 rings (SSSR count). The Morgan fingerprint density at radius 1 is 1.79 bits per heavy atom. The molecule has 1 aromatic heterocycles. The highest BCUT2D eigenvalue weighted by Crippen LogP contribution is 1.92. The van der Waals surface area contributed by atoms with Gasteiger partial charge in [-0.05, 0) is 0 Å². The predicted octanol–water partition coefficient (Wildman–Crippen LogP) is -0.677. The fourth-order valence-electron chi connectivity index (χ4n) is 0.921. The molecule has 0 aliphatic carbocycles. The predicted molar refractivity (Wildman–Crippen MR) is 49.2 cm³/mol. The van der Waals surface area contributed by atoms with Gasteiger partial charge in [0.1, 0.15) is 0 Å². The highest BCUT2D eigenvalue weighted by atomic mass is 16.5. The standard InChI is InChI=1S/C8H14N4O2/c1-6(8(9)13)4-10-3-2-7-11-5-12-14-7/h5-6,10H,2-4H2,1H3,(H2,9,13). The molecule has 1 heterocycles. The van der Waals surface area contributed by atoms with E-state index >= 15 is 0 Å². The first-order valence-electron chi connectivity index (χ1n) is 4.45. The van der Waals surface area contributed by atoms with Crippen molar-refractivity contribution in [3.8, 4) is 0 Å². The van der Waals surface area contributed by atoms with Crippen LogP contribution in [-0.4, -0.2) is 29.1 Å². The molecule has 0 fully saturated rings. The van der Waals surface area contributed by atoms with Crippen LogP contribution in [0.2, 0.25) is 0 Å². The number of carbonyl (C=O) groups is 1. The third kappa shape index (κ3) is 3.53. The quantitative estimate of drug-likeness (QED) is 0.591. The molecule has 3 N–H and O–H groups in total. The molecule has 0 saturated heterocycles. The van der Waals surface area contributed by atoms with E-state index in [1.54, 1.807) is 6.92 Å². The molecule has 78 valence electrons. The summed E-state index contributed by atoms with van der Waals surface area (Å²) in [5.74, 6) is 0.136. The Labute approximate surface area is 81.9 Å². The number of hydrogen-bond acceptors (Lipinski definition) is 5. The van der Waals surface area contributed by atoms with Crippen LogP contribution in [0, 0.1) is 5.92 Å². The van der Waals surface area contributed by atoms with Crippen molar-refractivity contribution in [2.75, 3.05) is 13.1 Å². The summed E-state index contributed by atoms with van der Waals surface area (Å²) in [5.41, 5.74) is 5.09. The minimum atomic E-state index is -0.296. The van der Waals surface area contributed by atoms with Crippen LogP contribution < -0.4 is 11.1 Å². The van der Waals surface area contributed by atoms with Crippen LogP contribution in [0.4, 0.5) is 0 Å². The molecule has 1 atom stereocenters. The Morgan fingerprint density at radius 3 is 3.14 bits per heavy atom. The number of nitrogens with two attached hydrogens (primary N) is 1. The highest BCUT2D eigenvalue weighted by molar-refractivity contribution is 5.76. The number of rotatable bonds is 6. The van der Waals surface area contributed by atoms with Crippen LogP contribution in [0.3, 0.4) is 0 Å². The van der Waals surface area contributed by atoms with Gasteiger partial charge in [0.15, 0.2) is 6.33 Å². The zero-order valence-corrected chi connectivity index (χ0v) is 8.06. The van der Waals surface area contributed by atoms with Crippen molar-refractivity contribution in [1.29, 1.82) is 0 Å². The summed E-state index contributed by atoms with van der Waals surface area (Å²) in [6.45, 7) is 3.05. The van der Waals surface area contributed by atoms with Crippen molar-refractivity contribution < 1.29 is 9.32 Å². The number of carbonyl (C=O) groups excluding carboxylic acids is 1. The van der Waals surface area contributed by atoms with Gasteiger partial charge in [0.05, 0.1) is 0 Å². The molecule has 0 aliphatic rings. The van der Waals surface area contributed by atoms with E-state index in [1.807, 2.05) is 0 Å². The molecule has 0 saturated carbocycles. The Kier molecular flexibility index (Phi) is 4.06. The molecule has 6 heteroatoms. The summed E-state index contributed by atoms with van der Waals surface area (Å²) >= 11 is 0. The minimum absolute atomic E-state index is 0.155. The molecule has 1 amide bonds. The zero-order valence-electron chi connectivity index (χ0n) is 8.06. The first-order chi connectivity index (χ1) is 6.70. The van der Waals surface area contributed by atoms with Crippen molar-refractivity contribution in [3.05, 3.63) is 12.2 Å². The van der Waals surface area contributed by atoms with E-state index in [-0.39, 0.29) is 11.8 Å². The maximum atomic E-state index is 10.7. The SMILES string of the molecule is CC(CNCCc1ncno1)C(N)=O. The van der Waals surface area contributed by atoms with E-state index in [4.69, 9.17) is 10.3 Å². The first-order valence-corrected chi connectivity index (χ1v) is 4.45. The molecule has 1 aromatic rings. The molecule has 0 radical (unpaired) electrons. The van der Waals surface area contributed by atoms with Crippen LogP contribution in [0.15, 0.2) is 10.9 Å². The second kappa shape index (κ2) is 5.33. The van der Waals surface area contributed by atoms with E-state index in [0.29, 0.717) is 25.4 Å². The number of hydrogen-bond donors (Lipinski definition) is 2. The summed E-state index contributed by atoms with van der Waals surface area (Å²) in [7, 11) is 0. The van der Waals surface area contributed by atoms with E-state index in [1.165, 1.54) is 6.33 Å². The van der Waals surface area contributed by atoms with E-state index < -0.39 is 0 Å². The second-order valence-electron chi connectivity index (χ2n) is 3.09. The number of aromatic nitrogens is 2. The number of nitrogens with one attached hydrogen (secondary N) is 1. The summed E-state index contributed by atoms with van der Waals surface area (Å²) in [6.07, 6.45) is 2.02. The largest absolute Gasteiger partial charge is 0.369 e. The van der Waals surface area contributed by atoms with Crippen LogP contribution >= 0.6 is 0 Å². The smallest absolute Gasteiger partial charge is 0.227 e. The van der Waals surface area contributed by atoms with Gasteiger partial charge in [-0.1, -0.05) is 12.1 Å². The van der Waals surface area contributed by atoms with Gasteiger partial charge in [-0.2, -0.15) is 4.98 Å². The topological polar surface area (TPSA) is 94.0 Å². The molecule has 0 spiro atoms. The number of primary amides is 1. The summed E-state index contributed by atoms with van der Waals surface area (Å²) in [6, 6.07) is 0. The van der Waals surface area contributed by atoms with Crippen LogP contribution in [0.25, 0.3) is 0 Å². The van der Waals surface area contributed by atoms with Gasteiger partial charge in [0, 0.05) is 25.4 Å². The van der Waals surface area contributed by atoms with Gasteiger partial charge in [0.25, 0.3) is 0 Å². The molecule has 14 heavy (non-hydrogen) atoms. The Balaban J connectivity index is 2.08. The summed E-state index contributed by atoms with van der Waals surface area (Å²) < 4.78 is 4.80. The maximum Gasteiger partial charge on any atom is 0.227 e. The van der Waals surface area contributed by atoms with Crippen LogP contribution in [0.1, 0.15) is 12.8 Å². The fraction of sp³-hybridized carbons (Fsp3) is 0.625. The molecular formula is C8H14N4O2. The lowest BCUT2D eigenvalue weighted by Gasteiger charge is -2.07. The van der Waals surface area contributed by atoms with Crippen molar-refractivity contribution in [1.82, 2.24) is 15.5 Å². The van der Waals surface area contributed by atoms with Crippen molar-refractivity contribution >= 4 is 5.91 Å². The Morgan fingerprint density at radius 2 is 2.57 bits per heavy atom. The lowest BCUT2D eigenvalue weighted by atomic mass is 10.2. The lowest BCUT2D eigenvalue weighted by Crippen LogP contribution is -2.31. The third-order valence-electron chi connectivity index (χ3n) is 1.86. The molecule has 0 bridgehead atoms. The van der Waals surface area contributed by atoms with Gasteiger partial charge >= 0.3 is 0 Å². The van der Waals surface area contributed by atoms with Gasteiger partial charge in [-0.3, -0.25) is 4.79 Å².